The first-order chi connectivity index (χ1) is 15.0. The number of nitrogens with zero attached hydrogens (tertiary/aromatic N) is 6. The number of amides is 1. The molecule has 1 aliphatic heterocycles. The highest BCUT2D eigenvalue weighted by Gasteiger charge is 2.33. The van der Waals surface area contributed by atoms with Crippen molar-refractivity contribution in [2.75, 3.05) is 24.6 Å². The molecule has 12 heteroatoms. The Balaban J connectivity index is 1.49. The smallest absolute Gasteiger partial charge is 0.414 e. The van der Waals surface area contributed by atoms with Crippen molar-refractivity contribution in [1.82, 2.24) is 25.2 Å². The number of carbonyl (C=O) groups is 2. The first kappa shape index (κ1) is 20.3. The highest BCUT2D eigenvalue weighted by molar-refractivity contribution is 5.90. The zero-order chi connectivity index (χ0) is 22.0. The summed E-state index contributed by atoms with van der Waals surface area (Å²) in [6, 6.07) is 7.84. The fourth-order valence-electron chi connectivity index (χ4n) is 3.12. The predicted octanol–water partition coefficient (Wildman–Crippen LogP) is 0.188. The Morgan fingerprint density at radius 2 is 2.19 bits per heavy atom. The number of aromatic nitrogens is 5. The van der Waals surface area contributed by atoms with Gasteiger partial charge < -0.3 is 15.2 Å². The van der Waals surface area contributed by atoms with E-state index in [1.54, 1.807) is 31.3 Å². The lowest BCUT2D eigenvalue weighted by Crippen LogP contribution is -2.54. The van der Waals surface area contributed by atoms with E-state index in [0.717, 1.165) is 0 Å². The Hall–Kier alpha value is -3.93. The van der Waals surface area contributed by atoms with Crippen LogP contribution in [0.3, 0.4) is 0 Å². The van der Waals surface area contributed by atoms with Crippen LogP contribution < -0.4 is 10.6 Å². The van der Waals surface area contributed by atoms with Crippen LogP contribution in [-0.4, -0.2) is 63.1 Å². The van der Waals surface area contributed by atoms with Crippen molar-refractivity contribution in [3.8, 4) is 22.6 Å². The van der Waals surface area contributed by atoms with E-state index in [9.17, 15) is 14.0 Å². The minimum Gasteiger partial charge on any atom is -0.458 e. The lowest BCUT2D eigenvalue weighted by atomic mass is 10.1. The Bertz CT molecular complexity index is 1120. The average Bonchev–Trinajstić information content (AvgIpc) is 3.37. The number of pyridine rings is 1. The van der Waals surface area contributed by atoms with Crippen molar-refractivity contribution in [1.29, 1.82) is 0 Å². The third kappa shape index (κ3) is 4.19. The van der Waals surface area contributed by atoms with E-state index in [2.05, 4.69) is 26.2 Å². The molecule has 0 aliphatic carbocycles. The lowest BCUT2D eigenvalue weighted by Gasteiger charge is -2.14. The Kier molecular flexibility index (Phi) is 5.54. The summed E-state index contributed by atoms with van der Waals surface area (Å²) in [5.41, 5.74) is 5.20. The quantitative estimate of drug-likeness (QED) is 0.549. The molecule has 2 aromatic heterocycles. The van der Waals surface area contributed by atoms with Crippen molar-refractivity contribution >= 4 is 17.7 Å². The second-order valence-corrected chi connectivity index (χ2v) is 6.77. The van der Waals surface area contributed by atoms with Gasteiger partial charge in [0.1, 0.15) is 18.1 Å². The second kappa shape index (κ2) is 8.44. The standard InChI is InChI=1S/C19H18FN7O4/c1-26-18(23-24-25-26)16-5-2-11(8-22-16)14-4-3-12(6-15(14)20)27-9-13(31-19(27)29)10-30-17(28)7-21/h2-6,8,13H,7,9-10,21H2,1H3/p+1/t13-/m1/s1. The number of cyclic esters (lactones) is 1. The first-order valence-electron chi connectivity index (χ1n) is 9.38. The van der Waals surface area contributed by atoms with E-state index >= 15 is 0 Å². The fraction of sp³-hybridized carbons (Fsp3) is 0.263. The molecule has 1 fully saturated rings. The van der Waals surface area contributed by atoms with E-state index in [-0.39, 0.29) is 19.7 Å². The van der Waals surface area contributed by atoms with Crippen LogP contribution in [0.2, 0.25) is 0 Å². The van der Waals surface area contributed by atoms with Gasteiger partial charge in [-0.15, -0.1) is 5.10 Å². The topological polar surface area (TPSA) is 140 Å². The molecule has 3 heterocycles. The van der Waals surface area contributed by atoms with Crippen molar-refractivity contribution in [3.05, 3.63) is 42.3 Å². The number of tetrazole rings is 1. The van der Waals surface area contributed by atoms with E-state index in [4.69, 9.17) is 9.47 Å². The number of hydrogen-bond donors (Lipinski definition) is 1. The van der Waals surface area contributed by atoms with Crippen LogP contribution in [0.5, 0.6) is 0 Å². The average molecular weight is 428 g/mol. The minimum atomic E-state index is -0.633. The summed E-state index contributed by atoms with van der Waals surface area (Å²) in [7, 11) is 1.70. The summed E-state index contributed by atoms with van der Waals surface area (Å²) in [5.74, 6) is -0.516. The van der Waals surface area contributed by atoms with Crippen molar-refractivity contribution in [3.63, 3.8) is 0 Å². The Morgan fingerprint density at radius 1 is 1.35 bits per heavy atom. The Morgan fingerprint density at radius 3 is 2.84 bits per heavy atom. The maximum atomic E-state index is 14.8. The summed E-state index contributed by atoms with van der Waals surface area (Å²) in [4.78, 5) is 29.0. The molecular formula is C19H19FN7O4+. The molecule has 160 valence electrons. The number of esters is 1. The van der Waals surface area contributed by atoms with E-state index in [1.165, 1.54) is 21.8 Å². The molecule has 0 unspecified atom stereocenters. The van der Waals surface area contributed by atoms with Crippen LogP contribution in [0.4, 0.5) is 14.9 Å². The van der Waals surface area contributed by atoms with Crippen LogP contribution in [0.15, 0.2) is 36.5 Å². The van der Waals surface area contributed by atoms with Gasteiger partial charge in [0.15, 0.2) is 18.5 Å². The van der Waals surface area contributed by atoms with Crippen molar-refractivity contribution < 1.29 is 29.2 Å². The number of anilines is 1. The molecule has 0 spiro atoms. The summed E-state index contributed by atoms with van der Waals surface area (Å²) >= 11 is 0. The normalized spacial score (nSPS) is 15.8. The number of hydrogen-bond acceptors (Lipinski definition) is 8. The summed E-state index contributed by atoms with van der Waals surface area (Å²) in [6.45, 7) is 0.0582. The summed E-state index contributed by atoms with van der Waals surface area (Å²) in [6.07, 6.45) is 0.267. The molecule has 1 amide bonds. The second-order valence-electron chi connectivity index (χ2n) is 6.77. The number of rotatable bonds is 6. The lowest BCUT2D eigenvalue weighted by molar-refractivity contribution is -0.359. The van der Waals surface area contributed by atoms with E-state index in [1.807, 2.05) is 0 Å². The molecule has 0 saturated carbocycles. The van der Waals surface area contributed by atoms with Gasteiger partial charge in [0.25, 0.3) is 0 Å². The minimum absolute atomic E-state index is 0.0115. The largest absolute Gasteiger partial charge is 0.458 e. The predicted molar refractivity (Wildman–Crippen MR) is 104 cm³/mol. The number of benzene rings is 1. The maximum absolute atomic E-state index is 14.8. The van der Waals surface area contributed by atoms with Crippen LogP contribution in [0.1, 0.15) is 0 Å². The zero-order valence-electron chi connectivity index (χ0n) is 16.6. The Labute approximate surface area is 175 Å². The fourth-order valence-corrected chi connectivity index (χ4v) is 3.12. The molecule has 1 aromatic carbocycles. The van der Waals surface area contributed by atoms with Gasteiger partial charge in [-0.25, -0.2) is 18.7 Å². The molecule has 0 radical (unpaired) electrons. The molecule has 1 aliphatic rings. The van der Waals surface area contributed by atoms with Gasteiger partial charge >= 0.3 is 12.1 Å². The van der Waals surface area contributed by atoms with Gasteiger partial charge in [-0.2, -0.15) is 0 Å². The SMILES string of the molecule is Cn1nnnc1-c1ccc(-c2ccc(N3C[C@H](COC(=O)C[NH3+])OC3=O)cc2F)cn1. The molecule has 11 nitrogen and oxygen atoms in total. The molecule has 0 bridgehead atoms. The third-order valence-corrected chi connectivity index (χ3v) is 4.70. The molecule has 1 saturated heterocycles. The van der Waals surface area contributed by atoms with Gasteiger partial charge in [0.05, 0.1) is 12.2 Å². The first-order valence-corrected chi connectivity index (χ1v) is 9.38. The van der Waals surface area contributed by atoms with E-state index < -0.39 is 24.0 Å². The van der Waals surface area contributed by atoms with Gasteiger partial charge in [-0.3, -0.25) is 9.88 Å². The maximum Gasteiger partial charge on any atom is 0.414 e. The highest BCUT2D eigenvalue weighted by atomic mass is 19.1. The van der Waals surface area contributed by atoms with Gasteiger partial charge in [-0.1, -0.05) is 6.07 Å². The number of halogens is 1. The van der Waals surface area contributed by atoms with E-state index in [0.29, 0.717) is 28.3 Å². The van der Waals surface area contributed by atoms with Crippen LogP contribution in [0.25, 0.3) is 22.6 Å². The molecule has 3 N–H and O–H groups in total. The molecule has 31 heavy (non-hydrogen) atoms. The number of quaternary nitrogens is 1. The van der Waals surface area contributed by atoms with Crippen LogP contribution >= 0.6 is 0 Å². The number of carbonyl (C=O) groups excluding carboxylic acids is 2. The van der Waals surface area contributed by atoms with Gasteiger partial charge in [0, 0.05) is 24.4 Å². The highest BCUT2D eigenvalue weighted by Crippen LogP contribution is 2.29. The van der Waals surface area contributed by atoms with Gasteiger partial charge in [0.2, 0.25) is 0 Å². The van der Waals surface area contributed by atoms with Crippen molar-refractivity contribution in [2.45, 2.75) is 6.10 Å². The number of aryl methyl sites for hydroxylation is 1. The monoisotopic (exact) mass is 428 g/mol. The summed E-state index contributed by atoms with van der Waals surface area (Å²) < 4.78 is 26.4. The third-order valence-electron chi connectivity index (χ3n) is 4.70. The van der Waals surface area contributed by atoms with Crippen LogP contribution in [0, 0.1) is 5.82 Å². The van der Waals surface area contributed by atoms with Crippen LogP contribution in [-0.2, 0) is 21.3 Å². The molecule has 3 aromatic rings. The molecule has 1 atom stereocenters. The molecular weight excluding hydrogens is 409 g/mol. The number of ether oxygens (including phenoxy) is 2. The van der Waals surface area contributed by atoms with Crippen molar-refractivity contribution in [2.24, 2.45) is 7.05 Å². The van der Waals surface area contributed by atoms with Gasteiger partial charge in [-0.05, 0) is 34.7 Å². The zero-order valence-corrected chi connectivity index (χ0v) is 16.6. The molecule has 4 rings (SSSR count). The summed E-state index contributed by atoms with van der Waals surface area (Å²) in [5, 5.41) is 11.2.